The molecule has 160 valence electrons. The predicted molar refractivity (Wildman–Crippen MR) is 110 cm³/mol. The van der Waals surface area contributed by atoms with Crippen LogP contribution in [0.25, 0.3) is 4.72 Å². The van der Waals surface area contributed by atoms with Gasteiger partial charge in [-0.2, -0.15) is 0 Å². The molecule has 0 unspecified atom stereocenters. The number of piperazine rings is 1. The summed E-state index contributed by atoms with van der Waals surface area (Å²) < 4.78 is 40.5. The van der Waals surface area contributed by atoms with Crippen LogP contribution in [-0.2, 0) is 21.4 Å². The number of nitrogens with zero attached hydrogens (tertiary/aromatic N) is 4. The first kappa shape index (κ1) is 24.7. The molecule has 1 aromatic carbocycles. The van der Waals surface area contributed by atoms with Crippen LogP contribution in [-0.4, -0.2) is 69.0 Å². The minimum absolute atomic E-state index is 0. The monoisotopic (exact) mass is 490 g/mol. The van der Waals surface area contributed by atoms with Gasteiger partial charge in [0.1, 0.15) is 22.4 Å². The quantitative estimate of drug-likeness (QED) is 0.516. The molecule has 0 radical (unpaired) electrons. The Balaban J connectivity index is 0.00000272. The van der Waals surface area contributed by atoms with E-state index in [-0.39, 0.29) is 91.2 Å². The van der Waals surface area contributed by atoms with Crippen LogP contribution in [0.3, 0.4) is 0 Å². The van der Waals surface area contributed by atoms with Crippen LogP contribution in [0.15, 0.2) is 35.4 Å². The molecule has 0 saturated carbocycles. The van der Waals surface area contributed by atoms with Gasteiger partial charge in [0, 0.05) is 23.3 Å². The summed E-state index contributed by atoms with van der Waals surface area (Å²) in [6.07, 6.45) is 1.33. The number of hydrogen-bond donors (Lipinski definition) is 0. The van der Waals surface area contributed by atoms with Crippen LogP contribution in [0.1, 0.15) is 5.56 Å². The molecule has 2 aromatic rings. The third kappa shape index (κ3) is 5.36. The Morgan fingerprint density at radius 1 is 1.29 bits per heavy atom. The van der Waals surface area contributed by atoms with E-state index in [1.54, 1.807) is 11.0 Å². The number of aromatic nitrogens is 1. The van der Waals surface area contributed by atoms with Crippen molar-refractivity contribution < 1.29 is 74.1 Å². The van der Waals surface area contributed by atoms with Gasteiger partial charge < -0.3 is 19.1 Å². The SMILES string of the molecule is COc1ccc(Cl)cc1S(=O)(=O)[N-]c1cnc2c(c1)CN1C(=O)CN(C)C[C@H]1CO2.[K+]. The van der Waals surface area contributed by atoms with E-state index in [9.17, 15) is 13.2 Å². The summed E-state index contributed by atoms with van der Waals surface area (Å²) in [5.41, 5.74) is 0.726. The summed E-state index contributed by atoms with van der Waals surface area (Å²) >= 11 is 5.95. The van der Waals surface area contributed by atoms with Gasteiger partial charge in [0.05, 0.1) is 31.1 Å². The Bertz CT molecular complexity index is 1100. The largest absolute Gasteiger partial charge is 1.00 e. The number of carbonyl (C=O) groups is 1. The van der Waals surface area contributed by atoms with E-state index < -0.39 is 10.0 Å². The van der Waals surface area contributed by atoms with Crippen LogP contribution in [0, 0.1) is 0 Å². The first-order valence-corrected chi connectivity index (χ1v) is 11.0. The third-order valence-corrected chi connectivity index (χ3v) is 6.54. The maximum absolute atomic E-state index is 12.9. The smallest absolute Gasteiger partial charge is 0.571 e. The van der Waals surface area contributed by atoms with Crippen LogP contribution in [0.5, 0.6) is 11.6 Å². The summed E-state index contributed by atoms with van der Waals surface area (Å²) in [5, 5.41) is 0.248. The fourth-order valence-corrected chi connectivity index (χ4v) is 4.98. The third-order valence-electron chi connectivity index (χ3n) is 4.98. The standard InChI is InChI=1S/C19H20ClN4O5S.K/c1-23-9-15-11-29-19-12(8-24(15)18(25)10-23)5-14(7-21-19)22-30(26,27)17-6-13(20)3-4-16(17)28-2;/h3-7,15H,8-11H2,1-2H3;/q-1;+1/t15-;/m0./s1. The number of likely N-dealkylation sites (N-methyl/N-ethyl adjacent to an activating group) is 1. The molecule has 31 heavy (non-hydrogen) atoms. The van der Waals surface area contributed by atoms with Gasteiger partial charge in [-0.15, -0.1) is 5.69 Å². The fraction of sp³-hybridized carbons (Fsp3) is 0.368. The molecule has 0 aliphatic carbocycles. The number of amides is 1. The van der Waals surface area contributed by atoms with E-state index in [1.165, 1.54) is 31.5 Å². The molecule has 9 nitrogen and oxygen atoms in total. The Kier molecular flexibility index (Phi) is 7.91. The van der Waals surface area contributed by atoms with E-state index in [0.29, 0.717) is 31.1 Å². The second kappa shape index (κ2) is 9.92. The van der Waals surface area contributed by atoms with E-state index >= 15 is 0 Å². The predicted octanol–water partition coefficient (Wildman–Crippen LogP) is -0.823. The van der Waals surface area contributed by atoms with Crippen molar-refractivity contribution in [1.29, 1.82) is 0 Å². The summed E-state index contributed by atoms with van der Waals surface area (Å²) in [5.74, 6) is 0.500. The van der Waals surface area contributed by atoms with Crippen molar-refractivity contribution in [2.45, 2.75) is 17.5 Å². The van der Waals surface area contributed by atoms with Crippen LogP contribution in [0.4, 0.5) is 5.69 Å². The average molecular weight is 491 g/mol. The number of methoxy groups -OCH3 is 1. The molecule has 1 aromatic heterocycles. The van der Waals surface area contributed by atoms with Crippen LogP contribution < -0.4 is 60.9 Å². The maximum Gasteiger partial charge on any atom is 1.00 e. The maximum atomic E-state index is 12.9. The van der Waals surface area contributed by atoms with Crippen molar-refractivity contribution in [3.8, 4) is 11.6 Å². The molecule has 3 heterocycles. The molecule has 2 aliphatic heterocycles. The average Bonchev–Trinajstić information content (AvgIpc) is 2.87. The Labute approximate surface area is 228 Å². The molecule has 0 N–H and O–H groups in total. The zero-order valence-corrected chi connectivity index (χ0v) is 22.1. The molecule has 1 atom stereocenters. The second-order valence-electron chi connectivity index (χ2n) is 7.20. The number of halogens is 1. The molecule has 1 saturated heterocycles. The van der Waals surface area contributed by atoms with Crippen LogP contribution >= 0.6 is 11.6 Å². The first-order valence-electron chi connectivity index (χ1n) is 9.18. The van der Waals surface area contributed by atoms with Gasteiger partial charge in [-0.1, -0.05) is 17.7 Å². The molecule has 0 bridgehead atoms. The number of hydrogen-bond acceptors (Lipinski definition) is 7. The summed E-state index contributed by atoms with van der Waals surface area (Å²) in [4.78, 5) is 20.2. The van der Waals surface area contributed by atoms with Gasteiger partial charge in [-0.25, -0.2) is 13.4 Å². The first-order chi connectivity index (χ1) is 14.3. The van der Waals surface area contributed by atoms with Gasteiger partial charge in [-0.3, -0.25) is 9.69 Å². The number of fused-ring (bicyclic) bond motifs is 2. The van der Waals surface area contributed by atoms with Crippen molar-refractivity contribution in [2.24, 2.45) is 0 Å². The topological polar surface area (TPSA) is 103 Å². The molecule has 4 rings (SSSR count). The molecule has 2 aliphatic rings. The Morgan fingerprint density at radius 2 is 2.06 bits per heavy atom. The van der Waals surface area contributed by atoms with Crippen molar-refractivity contribution in [1.82, 2.24) is 14.8 Å². The fourth-order valence-electron chi connectivity index (χ4n) is 3.59. The number of ether oxygens (including phenoxy) is 2. The van der Waals surface area contributed by atoms with E-state index in [1.807, 2.05) is 11.9 Å². The summed E-state index contributed by atoms with van der Waals surface area (Å²) in [6.45, 7) is 1.63. The van der Waals surface area contributed by atoms with Crippen molar-refractivity contribution in [3.05, 3.63) is 45.8 Å². The number of carbonyl (C=O) groups excluding carboxylic acids is 1. The molecule has 12 heteroatoms. The minimum atomic E-state index is -4.11. The minimum Gasteiger partial charge on any atom is -0.571 e. The molecule has 1 fully saturated rings. The van der Waals surface area contributed by atoms with Crippen LogP contribution in [0.2, 0.25) is 5.02 Å². The van der Waals surface area contributed by atoms with Crippen molar-refractivity contribution in [2.75, 3.05) is 33.9 Å². The zero-order chi connectivity index (χ0) is 21.5. The number of rotatable bonds is 4. The zero-order valence-electron chi connectivity index (χ0n) is 17.4. The van der Waals surface area contributed by atoms with Gasteiger partial charge in [0.25, 0.3) is 0 Å². The second-order valence-corrected chi connectivity index (χ2v) is 9.21. The van der Waals surface area contributed by atoms with Crippen molar-refractivity contribution in [3.63, 3.8) is 0 Å². The molecule has 0 spiro atoms. The summed E-state index contributed by atoms with van der Waals surface area (Å²) in [7, 11) is -0.854. The molecular weight excluding hydrogens is 471 g/mol. The number of pyridine rings is 1. The number of benzene rings is 1. The van der Waals surface area contributed by atoms with Gasteiger partial charge in [0.2, 0.25) is 11.8 Å². The normalized spacial score (nSPS) is 18.7. The van der Waals surface area contributed by atoms with E-state index in [2.05, 4.69) is 9.71 Å². The van der Waals surface area contributed by atoms with Gasteiger partial charge in [-0.05, 0) is 25.2 Å². The number of sulfonamides is 1. The Hall–Kier alpha value is -0.924. The van der Waals surface area contributed by atoms with Gasteiger partial charge in [0.15, 0.2) is 0 Å². The summed E-state index contributed by atoms with van der Waals surface area (Å²) in [6, 6.07) is 5.76. The molecule has 1 amide bonds. The Morgan fingerprint density at radius 3 is 2.81 bits per heavy atom. The molecular formula is C19H20ClKN4O5S. The van der Waals surface area contributed by atoms with Gasteiger partial charge >= 0.3 is 51.4 Å². The van der Waals surface area contributed by atoms with E-state index in [4.69, 9.17) is 21.1 Å². The van der Waals surface area contributed by atoms with E-state index in [0.717, 1.165) is 0 Å². The van der Waals surface area contributed by atoms with Crippen molar-refractivity contribution >= 4 is 33.2 Å².